The number of sulfone groups is 1. The van der Waals surface area contributed by atoms with Crippen molar-refractivity contribution in [1.82, 2.24) is 4.90 Å². The molecule has 1 rings (SSSR count). The van der Waals surface area contributed by atoms with Crippen LogP contribution in [-0.4, -0.2) is 61.1 Å². The van der Waals surface area contributed by atoms with E-state index in [1.807, 2.05) is 6.92 Å². The number of hydrogen-bond acceptors (Lipinski definition) is 5. The van der Waals surface area contributed by atoms with E-state index < -0.39 is 15.9 Å². The van der Waals surface area contributed by atoms with Gasteiger partial charge in [-0.3, -0.25) is 4.79 Å². The number of aliphatic hydroxyl groups is 1. The van der Waals surface area contributed by atoms with Crippen molar-refractivity contribution in [3.8, 4) is 0 Å². The van der Waals surface area contributed by atoms with Crippen LogP contribution in [-0.2, 0) is 14.6 Å². The van der Waals surface area contributed by atoms with Crippen LogP contribution < -0.4 is 5.73 Å². The molecule has 0 aromatic carbocycles. The Morgan fingerprint density at radius 3 is 2.68 bits per heavy atom. The number of rotatable bonds is 7. The summed E-state index contributed by atoms with van der Waals surface area (Å²) in [6.45, 7) is 1.99. The van der Waals surface area contributed by atoms with E-state index in [2.05, 4.69) is 0 Å². The molecule has 0 radical (unpaired) electrons. The molecule has 1 unspecified atom stereocenters. The molecule has 0 aromatic heterocycles. The molecular formula is C12H24N2O4S. The highest BCUT2D eigenvalue weighted by molar-refractivity contribution is 7.91. The Labute approximate surface area is 114 Å². The molecule has 3 N–H and O–H groups in total. The maximum absolute atomic E-state index is 12.2. The summed E-state index contributed by atoms with van der Waals surface area (Å²) in [5.41, 5.74) is 5.85. The number of carbonyl (C=O) groups excluding carboxylic acids is 1. The van der Waals surface area contributed by atoms with E-state index in [0.29, 0.717) is 12.8 Å². The fourth-order valence-electron chi connectivity index (χ4n) is 2.36. The molecule has 112 valence electrons. The molecule has 0 aliphatic carbocycles. The second kappa shape index (κ2) is 7.21. The lowest BCUT2D eigenvalue weighted by atomic mass is 10.1. The SMILES string of the molecule is CCCC[C@H](N)C(=O)N(CCO)C1CCS(=O)(=O)C1. The lowest BCUT2D eigenvalue weighted by Gasteiger charge is -2.30. The minimum atomic E-state index is -3.05. The Morgan fingerprint density at radius 1 is 1.53 bits per heavy atom. The van der Waals surface area contributed by atoms with Crippen molar-refractivity contribution in [1.29, 1.82) is 0 Å². The predicted molar refractivity (Wildman–Crippen MR) is 73.4 cm³/mol. The van der Waals surface area contributed by atoms with Gasteiger partial charge >= 0.3 is 0 Å². The van der Waals surface area contributed by atoms with Gasteiger partial charge in [-0.2, -0.15) is 0 Å². The summed E-state index contributed by atoms with van der Waals surface area (Å²) in [6, 6.07) is -0.938. The van der Waals surface area contributed by atoms with Crippen molar-refractivity contribution in [3.05, 3.63) is 0 Å². The monoisotopic (exact) mass is 292 g/mol. The highest BCUT2D eigenvalue weighted by atomic mass is 32.2. The predicted octanol–water partition coefficient (Wildman–Crippen LogP) is -0.488. The smallest absolute Gasteiger partial charge is 0.239 e. The number of amides is 1. The van der Waals surface area contributed by atoms with Crippen LogP contribution in [0.5, 0.6) is 0 Å². The second-order valence-electron chi connectivity index (χ2n) is 5.06. The first kappa shape index (κ1) is 16.4. The maximum Gasteiger partial charge on any atom is 0.239 e. The van der Waals surface area contributed by atoms with Crippen molar-refractivity contribution >= 4 is 15.7 Å². The molecule has 1 fully saturated rings. The van der Waals surface area contributed by atoms with Gasteiger partial charge in [0.05, 0.1) is 24.2 Å². The second-order valence-corrected chi connectivity index (χ2v) is 7.29. The molecule has 1 amide bonds. The fraction of sp³-hybridized carbons (Fsp3) is 0.917. The van der Waals surface area contributed by atoms with E-state index in [-0.39, 0.29) is 36.6 Å². The Hall–Kier alpha value is -0.660. The normalized spacial score (nSPS) is 23.2. The van der Waals surface area contributed by atoms with E-state index in [9.17, 15) is 13.2 Å². The number of nitrogens with two attached hydrogens (primary N) is 1. The maximum atomic E-state index is 12.2. The quantitative estimate of drug-likeness (QED) is 0.659. The van der Waals surface area contributed by atoms with Gasteiger partial charge in [0, 0.05) is 12.6 Å². The fourth-order valence-corrected chi connectivity index (χ4v) is 4.09. The Kier molecular flexibility index (Phi) is 6.22. The van der Waals surface area contributed by atoms with Crippen LogP contribution in [0, 0.1) is 0 Å². The molecule has 1 saturated heterocycles. The van der Waals surface area contributed by atoms with E-state index in [0.717, 1.165) is 12.8 Å². The molecule has 1 aliphatic rings. The van der Waals surface area contributed by atoms with E-state index in [1.165, 1.54) is 4.90 Å². The van der Waals surface area contributed by atoms with Gasteiger partial charge in [0.15, 0.2) is 9.84 Å². The van der Waals surface area contributed by atoms with Crippen molar-refractivity contribution < 1.29 is 18.3 Å². The molecule has 1 heterocycles. The average molecular weight is 292 g/mol. The van der Waals surface area contributed by atoms with Gasteiger partial charge in [-0.25, -0.2) is 8.42 Å². The summed E-state index contributed by atoms with van der Waals surface area (Å²) < 4.78 is 23.0. The Balaban J connectivity index is 2.69. The zero-order chi connectivity index (χ0) is 14.5. The zero-order valence-corrected chi connectivity index (χ0v) is 12.2. The number of hydrogen-bond donors (Lipinski definition) is 2. The van der Waals surface area contributed by atoms with E-state index >= 15 is 0 Å². The highest BCUT2D eigenvalue weighted by Crippen LogP contribution is 2.19. The zero-order valence-electron chi connectivity index (χ0n) is 11.4. The van der Waals surface area contributed by atoms with Crippen molar-refractivity contribution in [2.75, 3.05) is 24.7 Å². The molecule has 7 heteroatoms. The van der Waals surface area contributed by atoms with E-state index in [4.69, 9.17) is 10.8 Å². The molecule has 0 aromatic rings. The Morgan fingerprint density at radius 2 is 2.21 bits per heavy atom. The topological polar surface area (TPSA) is 101 Å². The number of carbonyl (C=O) groups is 1. The molecule has 19 heavy (non-hydrogen) atoms. The third-order valence-electron chi connectivity index (χ3n) is 3.46. The molecular weight excluding hydrogens is 268 g/mol. The summed E-state index contributed by atoms with van der Waals surface area (Å²) in [5.74, 6) is -0.152. The molecule has 0 saturated carbocycles. The van der Waals surface area contributed by atoms with Gasteiger partial charge < -0.3 is 15.7 Å². The number of unbranched alkanes of at least 4 members (excludes halogenated alkanes) is 1. The number of aliphatic hydroxyl groups excluding tert-OH is 1. The molecule has 2 atom stereocenters. The van der Waals surface area contributed by atoms with Gasteiger partial charge in [0.1, 0.15) is 0 Å². The molecule has 1 aliphatic heterocycles. The van der Waals surface area contributed by atoms with Crippen LogP contribution in [0.1, 0.15) is 32.6 Å². The van der Waals surface area contributed by atoms with Crippen LogP contribution in [0.3, 0.4) is 0 Å². The van der Waals surface area contributed by atoms with Gasteiger partial charge in [-0.15, -0.1) is 0 Å². The summed E-state index contributed by atoms with van der Waals surface area (Å²) in [5, 5.41) is 9.05. The van der Waals surface area contributed by atoms with Crippen LogP contribution in [0.15, 0.2) is 0 Å². The molecule has 0 spiro atoms. The van der Waals surface area contributed by atoms with Crippen molar-refractivity contribution in [3.63, 3.8) is 0 Å². The van der Waals surface area contributed by atoms with Crippen LogP contribution in [0.4, 0.5) is 0 Å². The minimum absolute atomic E-state index is 0.0146. The molecule has 0 bridgehead atoms. The highest BCUT2D eigenvalue weighted by Gasteiger charge is 2.35. The first-order chi connectivity index (χ1) is 8.91. The van der Waals surface area contributed by atoms with Gasteiger partial charge in [-0.05, 0) is 12.8 Å². The van der Waals surface area contributed by atoms with Crippen LogP contribution >= 0.6 is 0 Å². The number of nitrogens with zero attached hydrogens (tertiary/aromatic N) is 1. The van der Waals surface area contributed by atoms with Crippen molar-refractivity contribution in [2.24, 2.45) is 5.73 Å². The molecule has 6 nitrogen and oxygen atoms in total. The van der Waals surface area contributed by atoms with Gasteiger partial charge in [0.25, 0.3) is 0 Å². The van der Waals surface area contributed by atoms with Crippen LogP contribution in [0.25, 0.3) is 0 Å². The summed E-state index contributed by atoms with van der Waals surface area (Å²) in [7, 11) is -3.05. The first-order valence-electron chi connectivity index (χ1n) is 6.78. The van der Waals surface area contributed by atoms with Gasteiger partial charge in [0.2, 0.25) is 5.91 Å². The summed E-state index contributed by atoms with van der Waals surface area (Å²) >= 11 is 0. The third-order valence-corrected chi connectivity index (χ3v) is 5.21. The first-order valence-corrected chi connectivity index (χ1v) is 8.60. The van der Waals surface area contributed by atoms with Crippen LogP contribution in [0.2, 0.25) is 0 Å². The Bertz CT molecular complexity index is 397. The van der Waals surface area contributed by atoms with Crippen molar-refractivity contribution in [2.45, 2.75) is 44.7 Å². The average Bonchev–Trinajstić information content (AvgIpc) is 2.72. The minimum Gasteiger partial charge on any atom is -0.395 e. The lowest BCUT2D eigenvalue weighted by Crippen LogP contribution is -2.50. The lowest BCUT2D eigenvalue weighted by molar-refractivity contribution is -0.135. The summed E-state index contributed by atoms with van der Waals surface area (Å²) in [6.07, 6.45) is 2.85. The van der Waals surface area contributed by atoms with E-state index in [1.54, 1.807) is 0 Å². The largest absolute Gasteiger partial charge is 0.395 e. The van der Waals surface area contributed by atoms with Gasteiger partial charge in [-0.1, -0.05) is 19.8 Å². The summed E-state index contributed by atoms with van der Waals surface area (Å²) in [4.78, 5) is 13.7. The standard InChI is InChI=1S/C12H24N2O4S/c1-2-3-4-11(13)12(16)14(6-7-15)10-5-8-19(17,18)9-10/h10-11,15H,2-9,13H2,1H3/t10?,11-/m0/s1. The third kappa shape index (κ3) is 4.74.